The number of aryl methyl sites for hydroxylation is 1. The van der Waals surface area contributed by atoms with E-state index in [1.165, 1.54) is 0 Å². The second-order valence-corrected chi connectivity index (χ2v) is 5.23. The average molecular weight is 278 g/mol. The van der Waals surface area contributed by atoms with Crippen LogP contribution in [0, 0.1) is 6.92 Å². The van der Waals surface area contributed by atoms with Crippen molar-refractivity contribution in [2.75, 3.05) is 20.2 Å². The van der Waals surface area contributed by atoms with Gasteiger partial charge >= 0.3 is 0 Å². The van der Waals surface area contributed by atoms with E-state index in [0.717, 1.165) is 30.0 Å². The average Bonchev–Trinajstić information content (AvgIpc) is 2.42. The van der Waals surface area contributed by atoms with Gasteiger partial charge in [0.15, 0.2) is 6.61 Å². The Balaban J connectivity index is 2.73. The monoisotopic (exact) mass is 278 g/mol. The first-order valence-corrected chi connectivity index (χ1v) is 7.15. The van der Waals surface area contributed by atoms with Crippen molar-refractivity contribution in [1.29, 1.82) is 0 Å². The Hall–Kier alpha value is -1.55. The highest BCUT2D eigenvalue weighted by Gasteiger charge is 2.14. The number of hydrogen-bond donors (Lipinski definition) is 1. The molecule has 1 rings (SSSR count). The largest absolute Gasteiger partial charge is 0.483 e. The Morgan fingerprint density at radius 2 is 2.10 bits per heavy atom. The molecule has 20 heavy (non-hydrogen) atoms. The van der Waals surface area contributed by atoms with Crippen LogP contribution in [-0.2, 0) is 11.3 Å². The molecule has 0 radical (unpaired) electrons. The van der Waals surface area contributed by atoms with Crippen molar-refractivity contribution in [2.45, 2.75) is 40.3 Å². The number of benzene rings is 1. The van der Waals surface area contributed by atoms with Gasteiger partial charge in [0.05, 0.1) is 0 Å². The number of nitrogens with one attached hydrogen (secondary N) is 1. The first-order chi connectivity index (χ1) is 9.47. The summed E-state index contributed by atoms with van der Waals surface area (Å²) in [5, 5.41) is 3.29. The van der Waals surface area contributed by atoms with Crippen LogP contribution in [0.4, 0.5) is 0 Å². The maximum Gasteiger partial charge on any atom is 0.260 e. The number of ether oxygens (including phenoxy) is 1. The lowest BCUT2D eigenvalue weighted by Gasteiger charge is -2.22. The predicted molar refractivity (Wildman–Crippen MR) is 82.0 cm³/mol. The third-order valence-electron chi connectivity index (χ3n) is 3.37. The summed E-state index contributed by atoms with van der Waals surface area (Å²) in [5.74, 6) is 0.816. The molecule has 0 heterocycles. The van der Waals surface area contributed by atoms with E-state index in [1.807, 2.05) is 39.0 Å². The van der Waals surface area contributed by atoms with E-state index in [2.05, 4.69) is 12.2 Å². The molecule has 0 saturated heterocycles. The Kier molecular flexibility index (Phi) is 6.52. The van der Waals surface area contributed by atoms with Crippen molar-refractivity contribution in [2.24, 2.45) is 0 Å². The number of hydrogen-bond acceptors (Lipinski definition) is 3. The van der Waals surface area contributed by atoms with Gasteiger partial charge in [-0.3, -0.25) is 4.79 Å². The topological polar surface area (TPSA) is 41.6 Å². The fourth-order valence-electron chi connectivity index (χ4n) is 1.84. The predicted octanol–water partition coefficient (Wildman–Crippen LogP) is 2.35. The third kappa shape index (κ3) is 4.53. The van der Waals surface area contributed by atoms with Crippen LogP contribution in [0.15, 0.2) is 18.2 Å². The molecule has 1 amide bonds. The molecule has 4 nitrogen and oxygen atoms in total. The van der Waals surface area contributed by atoms with Crippen molar-refractivity contribution in [3.05, 3.63) is 29.3 Å². The number of nitrogens with zero attached hydrogens (tertiary/aromatic N) is 1. The van der Waals surface area contributed by atoms with E-state index < -0.39 is 0 Å². The molecule has 0 aromatic heterocycles. The number of amides is 1. The summed E-state index contributed by atoms with van der Waals surface area (Å²) < 4.78 is 5.77. The van der Waals surface area contributed by atoms with Crippen LogP contribution in [0.2, 0.25) is 0 Å². The van der Waals surface area contributed by atoms with Crippen molar-refractivity contribution in [3.8, 4) is 5.75 Å². The number of carbonyl (C=O) groups excluding carboxylic acids is 1. The smallest absolute Gasteiger partial charge is 0.260 e. The van der Waals surface area contributed by atoms with E-state index in [1.54, 1.807) is 11.9 Å². The van der Waals surface area contributed by atoms with Crippen molar-refractivity contribution >= 4 is 5.91 Å². The second-order valence-electron chi connectivity index (χ2n) is 5.23. The van der Waals surface area contributed by atoms with Gasteiger partial charge in [0, 0.05) is 25.2 Å². The van der Waals surface area contributed by atoms with Crippen molar-refractivity contribution < 1.29 is 9.53 Å². The zero-order valence-electron chi connectivity index (χ0n) is 13.2. The van der Waals surface area contributed by atoms with Crippen LogP contribution in [0.25, 0.3) is 0 Å². The summed E-state index contributed by atoms with van der Waals surface area (Å²) in [6.07, 6.45) is 0. The summed E-state index contributed by atoms with van der Waals surface area (Å²) in [7, 11) is 1.80. The quantitative estimate of drug-likeness (QED) is 0.832. The fourth-order valence-corrected chi connectivity index (χ4v) is 1.84. The summed E-state index contributed by atoms with van der Waals surface area (Å²) in [6, 6.07) is 6.23. The lowest BCUT2D eigenvalue weighted by molar-refractivity contribution is -0.133. The highest BCUT2D eigenvalue weighted by atomic mass is 16.5. The minimum absolute atomic E-state index is 0.00217. The van der Waals surface area contributed by atoms with E-state index >= 15 is 0 Å². The Labute approximate surface area is 122 Å². The summed E-state index contributed by atoms with van der Waals surface area (Å²) in [6.45, 7) is 9.78. The standard InChI is InChI=1S/C16H26N2O2/c1-6-17-10-14-9-7-8-13(4)16(14)20-11-15(19)18(5)12(2)3/h7-9,12,17H,6,10-11H2,1-5H3. The first kappa shape index (κ1) is 16.5. The van der Waals surface area contributed by atoms with Crippen LogP contribution in [0.5, 0.6) is 5.75 Å². The molecule has 0 unspecified atom stereocenters. The number of carbonyl (C=O) groups is 1. The maximum absolute atomic E-state index is 12.0. The minimum atomic E-state index is -0.00217. The molecule has 0 fully saturated rings. The van der Waals surface area contributed by atoms with Crippen LogP contribution >= 0.6 is 0 Å². The summed E-state index contributed by atoms with van der Waals surface area (Å²) >= 11 is 0. The van der Waals surface area contributed by atoms with Crippen LogP contribution < -0.4 is 10.1 Å². The molecule has 0 aliphatic carbocycles. The number of para-hydroxylation sites is 1. The number of likely N-dealkylation sites (N-methyl/N-ethyl adjacent to an activating group) is 1. The lowest BCUT2D eigenvalue weighted by atomic mass is 10.1. The van der Waals surface area contributed by atoms with Crippen molar-refractivity contribution in [1.82, 2.24) is 10.2 Å². The van der Waals surface area contributed by atoms with Crippen molar-refractivity contribution in [3.63, 3.8) is 0 Å². The van der Waals surface area contributed by atoms with Gasteiger partial charge in [0.1, 0.15) is 5.75 Å². The van der Waals surface area contributed by atoms with Gasteiger partial charge in [0.25, 0.3) is 5.91 Å². The molecular formula is C16H26N2O2. The SMILES string of the molecule is CCNCc1cccc(C)c1OCC(=O)N(C)C(C)C. The van der Waals surface area contributed by atoms with E-state index in [-0.39, 0.29) is 18.6 Å². The Bertz CT molecular complexity index is 444. The molecule has 0 aliphatic rings. The Morgan fingerprint density at radius 3 is 2.70 bits per heavy atom. The minimum Gasteiger partial charge on any atom is -0.483 e. The molecular weight excluding hydrogens is 252 g/mol. The van der Waals surface area contributed by atoms with E-state index in [4.69, 9.17) is 4.74 Å². The summed E-state index contributed by atoms with van der Waals surface area (Å²) in [5.41, 5.74) is 2.15. The van der Waals surface area contributed by atoms with E-state index in [0.29, 0.717) is 0 Å². The molecule has 1 N–H and O–H groups in total. The molecule has 0 spiro atoms. The van der Waals surface area contributed by atoms with Gasteiger partial charge in [-0.25, -0.2) is 0 Å². The first-order valence-electron chi connectivity index (χ1n) is 7.15. The number of rotatable bonds is 7. The van der Waals surface area contributed by atoms with Gasteiger partial charge in [0.2, 0.25) is 0 Å². The second kappa shape index (κ2) is 7.90. The Morgan fingerprint density at radius 1 is 1.40 bits per heavy atom. The normalized spacial score (nSPS) is 10.7. The third-order valence-corrected chi connectivity index (χ3v) is 3.37. The maximum atomic E-state index is 12.0. The van der Waals surface area contributed by atoms with Crippen LogP contribution in [0.1, 0.15) is 31.9 Å². The highest BCUT2D eigenvalue weighted by molar-refractivity contribution is 5.77. The van der Waals surface area contributed by atoms with Gasteiger partial charge in [-0.1, -0.05) is 25.1 Å². The molecule has 4 heteroatoms. The molecule has 1 aromatic rings. The molecule has 0 saturated carbocycles. The zero-order chi connectivity index (χ0) is 15.1. The van der Waals surface area contributed by atoms with Crippen LogP contribution in [0.3, 0.4) is 0 Å². The van der Waals surface area contributed by atoms with E-state index in [9.17, 15) is 4.79 Å². The van der Waals surface area contributed by atoms with Crippen LogP contribution in [-0.4, -0.2) is 37.0 Å². The van der Waals surface area contributed by atoms with Gasteiger partial charge in [-0.05, 0) is 32.9 Å². The molecule has 1 aromatic carbocycles. The van der Waals surface area contributed by atoms with Gasteiger partial charge in [-0.2, -0.15) is 0 Å². The van der Waals surface area contributed by atoms with Gasteiger partial charge < -0.3 is 15.0 Å². The van der Waals surface area contributed by atoms with Gasteiger partial charge in [-0.15, -0.1) is 0 Å². The fraction of sp³-hybridized carbons (Fsp3) is 0.562. The molecule has 112 valence electrons. The zero-order valence-corrected chi connectivity index (χ0v) is 13.2. The molecule has 0 bridgehead atoms. The highest BCUT2D eigenvalue weighted by Crippen LogP contribution is 2.23. The lowest BCUT2D eigenvalue weighted by Crippen LogP contribution is -2.36. The summed E-state index contributed by atoms with van der Waals surface area (Å²) in [4.78, 5) is 13.7. The molecule has 0 aliphatic heterocycles. The molecule has 0 atom stereocenters.